The fourth-order valence-corrected chi connectivity index (χ4v) is 3.89. The highest BCUT2D eigenvalue weighted by molar-refractivity contribution is 7.91. The Kier molecular flexibility index (Phi) is 4.12. The van der Waals surface area contributed by atoms with Gasteiger partial charge in [-0.25, -0.2) is 8.42 Å². The maximum absolute atomic E-state index is 12.3. The molecule has 100 valence electrons. The molecule has 0 radical (unpaired) electrons. The Morgan fingerprint density at radius 2 is 1.68 bits per heavy atom. The topological polar surface area (TPSA) is 60.2 Å². The first-order chi connectivity index (χ1) is 9.00. The van der Waals surface area contributed by atoms with Gasteiger partial charge in [-0.05, 0) is 24.1 Å². The van der Waals surface area contributed by atoms with Gasteiger partial charge < -0.3 is 5.73 Å². The Bertz CT molecular complexity index is 649. The lowest BCUT2D eigenvalue weighted by Crippen LogP contribution is -2.12. The van der Waals surface area contributed by atoms with Crippen LogP contribution in [0.15, 0.2) is 53.4 Å². The van der Waals surface area contributed by atoms with Gasteiger partial charge in [0.1, 0.15) is 4.90 Å². The van der Waals surface area contributed by atoms with Gasteiger partial charge >= 0.3 is 0 Å². The molecule has 0 saturated carbocycles. The van der Waals surface area contributed by atoms with E-state index < -0.39 is 9.84 Å². The minimum absolute atomic E-state index is 0.00898. The molecule has 19 heavy (non-hydrogen) atoms. The molecule has 0 amide bonds. The molecule has 5 heteroatoms. The van der Waals surface area contributed by atoms with Gasteiger partial charge in [0.25, 0.3) is 0 Å². The van der Waals surface area contributed by atoms with Crippen LogP contribution in [0.4, 0.5) is 5.69 Å². The van der Waals surface area contributed by atoms with Gasteiger partial charge in [0.2, 0.25) is 0 Å². The van der Waals surface area contributed by atoms with E-state index in [1.807, 2.05) is 30.3 Å². The van der Waals surface area contributed by atoms with E-state index in [0.29, 0.717) is 6.42 Å². The Morgan fingerprint density at radius 1 is 1.00 bits per heavy atom. The van der Waals surface area contributed by atoms with Crippen LogP contribution in [0.5, 0.6) is 0 Å². The van der Waals surface area contributed by atoms with Crippen LogP contribution < -0.4 is 5.73 Å². The summed E-state index contributed by atoms with van der Waals surface area (Å²) in [5.41, 5.74) is 6.88. The number of aryl methyl sites for hydroxylation is 1. The summed E-state index contributed by atoms with van der Waals surface area (Å²) in [6.07, 6.45) is 0.438. The maximum Gasteiger partial charge on any atom is 0.182 e. The highest BCUT2D eigenvalue weighted by Gasteiger charge is 2.20. The molecule has 2 rings (SSSR count). The van der Waals surface area contributed by atoms with Crippen molar-refractivity contribution in [3.05, 3.63) is 59.1 Å². The molecule has 0 saturated heterocycles. The zero-order chi connectivity index (χ0) is 13.9. The summed E-state index contributed by atoms with van der Waals surface area (Å²) in [5, 5.41) is 0.174. The Labute approximate surface area is 117 Å². The number of nitrogens with two attached hydrogens (primary N) is 1. The highest BCUT2D eigenvalue weighted by Crippen LogP contribution is 2.28. The van der Waals surface area contributed by atoms with Gasteiger partial charge in [-0.15, -0.1) is 0 Å². The Hall–Kier alpha value is -1.52. The van der Waals surface area contributed by atoms with Crippen molar-refractivity contribution in [1.82, 2.24) is 0 Å². The van der Waals surface area contributed by atoms with E-state index in [2.05, 4.69) is 0 Å². The Balaban J connectivity index is 2.24. The average molecular weight is 296 g/mol. The van der Waals surface area contributed by atoms with E-state index in [-0.39, 0.29) is 21.4 Å². The predicted octanol–water partition coefficient (Wildman–Crippen LogP) is 2.94. The summed E-state index contributed by atoms with van der Waals surface area (Å²) < 4.78 is 24.6. The summed E-state index contributed by atoms with van der Waals surface area (Å²) in [7, 11) is -3.48. The maximum atomic E-state index is 12.3. The second kappa shape index (κ2) is 5.63. The first kappa shape index (κ1) is 13.9. The standard InChI is InChI=1S/C14H14ClNO2S/c15-12-7-4-8-13(16)14(12)19(17,18)10-9-11-5-2-1-3-6-11/h1-8H,9-10,16H2. The second-order valence-electron chi connectivity index (χ2n) is 4.21. The van der Waals surface area contributed by atoms with Gasteiger partial charge in [-0.1, -0.05) is 48.0 Å². The third-order valence-electron chi connectivity index (χ3n) is 2.81. The van der Waals surface area contributed by atoms with Crippen LogP contribution in [-0.2, 0) is 16.3 Å². The summed E-state index contributed by atoms with van der Waals surface area (Å²) in [6, 6.07) is 14.2. The van der Waals surface area contributed by atoms with Crippen LogP contribution in [-0.4, -0.2) is 14.2 Å². The highest BCUT2D eigenvalue weighted by atomic mass is 35.5. The predicted molar refractivity (Wildman–Crippen MR) is 78.1 cm³/mol. The molecular formula is C14H14ClNO2S. The van der Waals surface area contributed by atoms with Crippen LogP contribution in [0, 0.1) is 0 Å². The lowest BCUT2D eigenvalue weighted by atomic mass is 10.2. The van der Waals surface area contributed by atoms with Gasteiger partial charge in [0, 0.05) is 0 Å². The minimum atomic E-state index is -3.48. The van der Waals surface area contributed by atoms with E-state index in [9.17, 15) is 8.42 Å². The van der Waals surface area contributed by atoms with Crippen molar-refractivity contribution in [1.29, 1.82) is 0 Å². The van der Waals surface area contributed by atoms with Crippen LogP contribution in [0.25, 0.3) is 0 Å². The molecule has 2 aromatic carbocycles. The molecule has 3 nitrogen and oxygen atoms in total. The van der Waals surface area contributed by atoms with Crippen LogP contribution in [0.2, 0.25) is 5.02 Å². The van der Waals surface area contributed by atoms with Crippen LogP contribution in [0.3, 0.4) is 0 Å². The van der Waals surface area contributed by atoms with E-state index in [4.69, 9.17) is 17.3 Å². The molecule has 0 aromatic heterocycles. The van der Waals surface area contributed by atoms with Crippen molar-refractivity contribution in [3.8, 4) is 0 Å². The van der Waals surface area contributed by atoms with Crippen LogP contribution in [0.1, 0.15) is 5.56 Å². The molecule has 0 unspecified atom stereocenters. The lowest BCUT2D eigenvalue weighted by molar-refractivity contribution is 0.596. The number of sulfone groups is 1. The third kappa shape index (κ3) is 3.28. The first-order valence-corrected chi connectivity index (χ1v) is 7.84. The number of hydrogen-bond donors (Lipinski definition) is 1. The molecule has 0 fully saturated rings. The average Bonchev–Trinajstić information content (AvgIpc) is 2.37. The summed E-state index contributed by atoms with van der Waals surface area (Å²) in [6.45, 7) is 0. The van der Waals surface area contributed by atoms with Crippen molar-refractivity contribution in [2.24, 2.45) is 0 Å². The molecule has 2 aromatic rings. The summed E-state index contributed by atoms with van der Waals surface area (Å²) >= 11 is 5.94. The molecule has 0 spiro atoms. The molecule has 0 bridgehead atoms. The summed E-state index contributed by atoms with van der Waals surface area (Å²) in [4.78, 5) is 0.0348. The number of halogens is 1. The van der Waals surface area contributed by atoms with Gasteiger partial charge in [0.05, 0.1) is 16.5 Å². The monoisotopic (exact) mass is 295 g/mol. The van der Waals surface area contributed by atoms with Gasteiger partial charge in [-0.2, -0.15) is 0 Å². The quantitative estimate of drug-likeness (QED) is 0.882. The molecule has 0 aliphatic rings. The number of rotatable bonds is 4. The lowest BCUT2D eigenvalue weighted by Gasteiger charge is -2.09. The first-order valence-electron chi connectivity index (χ1n) is 5.81. The van der Waals surface area contributed by atoms with E-state index in [1.54, 1.807) is 12.1 Å². The largest absolute Gasteiger partial charge is 0.398 e. The van der Waals surface area contributed by atoms with Gasteiger partial charge in [-0.3, -0.25) is 0 Å². The van der Waals surface area contributed by atoms with Gasteiger partial charge in [0.15, 0.2) is 9.84 Å². The third-order valence-corrected chi connectivity index (χ3v) is 5.06. The molecule has 2 N–H and O–H groups in total. The number of benzene rings is 2. The molecule has 0 heterocycles. The molecule has 0 aliphatic carbocycles. The van der Waals surface area contributed by atoms with E-state index in [1.165, 1.54) is 6.07 Å². The molecule has 0 aliphatic heterocycles. The zero-order valence-corrected chi connectivity index (χ0v) is 11.8. The fraction of sp³-hybridized carbons (Fsp3) is 0.143. The molecular weight excluding hydrogens is 282 g/mol. The Morgan fingerprint density at radius 3 is 2.32 bits per heavy atom. The van der Waals surface area contributed by atoms with Crippen molar-refractivity contribution >= 4 is 27.1 Å². The van der Waals surface area contributed by atoms with E-state index >= 15 is 0 Å². The number of hydrogen-bond acceptors (Lipinski definition) is 3. The SMILES string of the molecule is Nc1cccc(Cl)c1S(=O)(=O)CCc1ccccc1. The molecule has 0 atom stereocenters. The normalized spacial score (nSPS) is 11.4. The van der Waals surface area contributed by atoms with Crippen molar-refractivity contribution in [2.45, 2.75) is 11.3 Å². The van der Waals surface area contributed by atoms with E-state index in [0.717, 1.165) is 5.56 Å². The van der Waals surface area contributed by atoms with Crippen molar-refractivity contribution < 1.29 is 8.42 Å². The zero-order valence-electron chi connectivity index (χ0n) is 10.2. The fourth-order valence-electron chi connectivity index (χ4n) is 1.85. The summed E-state index contributed by atoms with van der Waals surface area (Å²) in [5.74, 6) is -0.00898. The number of nitrogen functional groups attached to an aromatic ring is 1. The minimum Gasteiger partial charge on any atom is -0.398 e. The van der Waals surface area contributed by atoms with Crippen LogP contribution >= 0.6 is 11.6 Å². The van der Waals surface area contributed by atoms with Crippen molar-refractivity contribution in [2.75, 3.05) is 11.5 Å². The van der Waals surface area contributed by atoms with Crippen molar-refractivity contribution in [3.63, 3.8) is 0 Å². The second-order valence-corrected chi connectivity index (χ2v) is 6.67. The number of anilines is 1. The smallest absolute Gasteiger partial charge is 0.182 e.